The Bertz CT molecular complexity index is 525. The first-order chi connectivity index (χ1) is 6.09. The summed E-state index contributed by atoms with van der Waals surface area (Å²) in [5, 5.41) is 0. The molecule has 68 valence electrons. The number of rotatable bonds is 0. The largest absolute Gasteiger partial charge is 0.421 e. The van der Waals surface area contributed by atoms with Crippen LogP contribution < -0.4 is 11.5 Å². The Balaban J connectivity index is 3.03. The van der Waals surface area contributed by atoms with Crippen LogP contribution in [0.5, 0.6) is 0 Å². The summed E-state index contributed by atoms with van der Waals surface area (Å²) in [4.78, 5) is 18.9. The monoisotopic (exact) mass is 180 g/mol. The average molecular weight is 180 g/mol. The third-order valence-corrected chi connectivity index (χ3v) is 1.78. The molecule has 0 aliphatic carbocycles. The number of nitrogens with zero attached hydrogens (tertiary/aromatic N) is 3. The molecule has 0 amide bonds. The van der Waals surface area contributed by atoms with Crippen LogP contribution in [0.15, 0.2) is 9.21 Å². The van der Waals surface area contributed by atoms with E-state index in [9.17, 15) is 4.79 Å². The predicted octanol–water partition coefficient (Wildman–Crippen LogP) is -0.188. The first-order valence-electron chi connectivity index (χ1n) is 3.69. The van der Waals surface area contributed by atoms with Crippen LogP contribution in [0.4, 0.5) is 5.82 Å². The fourth-order valence-electron chi connectivity index (χ4n) is 1.19. The van der Waals surface area contributed by atoms with Gasteiger partial charge in [0.15, 0.2) is 11.3 Å². The van der Waals surface area contributed by atoms with E-state index in [2.05, 4.69) is 9.97 Å². The third kappa shape index (κ3) is 0.986. The van der Waals surface area contributed by atoms with Crippen LogP contribution in [-0.4, -0.2) is 14.5 Å². The van der Waals surface area contributed by atoms with Gasteiger partial charge in [-0.3, -0.25) is 4.57 Å². The van der Waals surface area contributed by atoms with Crippen molar-refractivity contribution in [1.82, 2.24) is 14.5 Å². The summed E-state index contributed by atoms with van der Waals surface area (Å²) in [6, 6.07) is 0. The number of anilines is 1. The SMILES string of the molecule is Cc1nc(N)c2c(n1)oc(=O)n2C. The van der Waals surface area contributed by atoms with Gasteiger partial charge in [0.2, 0.25) is 0 Å². The van der Waals surface area contributed by atoms with Gasteiger partial charge in [-0.15, -0.1) is 0 Å². The number of hydrogen-bond donors (Lipinski definition) is 1. The van der Waals surface area contributed by atoms with Crippen molar-refractivity contribution in [2.75, 3.05) is 5.73 Å². The number of hydrogen-bond acceptors (Lipinski definition) is 5. The molecule has 0 atom stereocenters. The van der Waals surface area contributed by atoms with Gasteiger partial charge in [0.1, 0.15) is 5.82 Å². The quantitative estimate of drug-likeness (QED) is 0.607. The standard InChI is InChI=1S/C7H8N4O2/c1-3-9-5(8)4-6(10-3)13-7(12)11(4)2/h1-2H3,(H2,8,9,10). The van der Waals surface area contributed by atoms with E-state index in [1.54, 1.807) is 14.0 Å². The molecule has 0 saturated carbocycles. The Kier molecular flexibility index (Phi) is 1.39. The van der Waals surface area contributed by atoms with Gasteiger partial charge < -0.3 is 10.2 Å². The van der Waals surface area contributed by atoms with Crippen molar-refractivity contribution >= 4 is 17.0 Å². The molecule has 0 aliphatic rings. The molecule has 0 bridgehead atoms. The number of nitrogens with two attached hydrogens (primary N) is 1. The number of fused-ring (bicyclic) bond motifs is 1. The first-order valence-corrected chi connectivity index (χ1v) is 3.69. The molecule has 2 aromatic heterocycles. The van der Waals surface area contributed by atoms with Crippen LogP contribution in [0.25, 0.3) is 11.2 Å². The lowest BCUT2D eigenvalue weighted by Crippen LogP contribution is -2.09. The zero-order valence-corrected chi connectivity index (χ0v) is 7.24. The van der Waals surface area contributed by atoms with E-state index in [-0.39, 0.29) is 11.5 Å². The van der Waals surface area contributed by atoms with Crippen LogP contribution >= 0.6 is 0 Å². The summed E-state index contributed by atoms with van der Waals surface area (Å²) in [5.41, 5.74) is 6.27. The zero-order valence-electron chi connectivity index (χ0n) is 7.24. The molecule has 13 heavy (non-hydrogen) atoms. The second-order valence-corrected chi connectivity index (χ2v) is 2.74. The van der Waals surface area contributed by atoms with E-state index in [0.29, 0.717) is 11.3 Å². The highest BCUT2D eigenvalue weighted by Crippen LogP contribution is 2.14. The Hall–Kier alpha value is -1.85. The predicted molar refractivity (Wildman–Crippen MR) is 46.2 cm³/mol. The number of aromatic nitrogens is 3. The molecule has 0 saturated heterocycles. The maximum Gasteiger partial charge on any atom is 0.421 e. The van der Waals surface area contributed by atoms with Crippen molar-refractivity contribution in [3.05, 3.63) is 16.4 Å². The number of nitrogen functional groups attached to an aromatic ring is 1. The molecule has 0 aromatic carbocycles. The van der Waals surface area contributed by atoms with Crippen molar-refractivity contribution in [2.45, 2.75) is 6.92 Å². The molecule has 2 heterocycles. The molecule has 2 rings (SSSR count). The zero-order chi connectivity index (χ0) is 9.59. The van der Waals surface area contributed by atoms with E-state index in [4.69, 9.17) is 10.2 Å². The lowest BCUT2D eigenvalue weighted by Gasteiger charge is -1.96. The molecule has 0 spiro atoms. The molecule has 0 unspecified atom stereocenters. The third-order valence-electron chi connectivity index (χ3n) is 1.78. The minimum atomic E-state index is -0.485. The van der Waals surface area contributed by atoms with Gasteiger partial charge in [-0.1, -0.05) is 0 Å². The molecular formula is C7H8N4O2. The minimum Gasteiger partial charge on any atom is -0.388 e. The highest BCUT2D eigenvalue weighted by molar-refractivity contribution is 5.79. The molecule has 0 fully saturated rings. The van der Waals surface area contributed by atoms with E-state index in [1.807, 2.05) is 0 Å². The van der Waals surface area contributed by atoms with Gasteiger partial charge in [0.25, 0.3) is 5.71 Å². The smallest absolute Gasteiger partial charge is 0.388 e. The van der Waals surface area contributed by atoms with Crippen molar-refractivity contribution in [3.8, 4) is 0 Å². The average Bonchev–Trinajstić information content (AvgIpc) is 2.27. The van der Waals surface area contributed by atoms with Crippen LogP contribution in [0.1, 0.15) is 5.82 Å². The van der Waals surface area contributed by atoms with E-state index in [0.717, 1.165) is 0 Å². The molecular weight excluding hydrogens is 172 g/mol. The van der Waals surface area contributed by atoms with Crippen LogP contribution in [0.2, 0.25) is 0 Å². The van der Waals surface area contributed by atoms with Crippen LogP contribution in [0, 0.1) is 6.92 Å². The lowest BCUT2D eigenvalue weighted by molar-refractivity contribution is 0.519. The van der Waals surface area contributed by atoms with Gasteiger partial charge in [-0.25, -0.2) is 9.78 Å². The molecule has 2 N–H and O–H groups in total. The summed E-state index contributed by atoms with van der Waals surface area (Å²) in [6.07, 6.45) is 0. The summed E-state index contributed by atoms with van der Waals surface area (Å²) in [6.45, 7) is 1.68. The lowest BCUT2D eigenvalue weighted by atomic mass is 10.5. The topological polar surface area (TPSA) is 86.9 Å². The fraction of sp³-hybridized carbons (Fsp3) is 0.286. The molecule has 0 radical (unpaired) electrons. The second kappa shape index (κ2) is 2.32. The van der Waals surface area contributed by atoms with Crippen molar-refractivity contribution in [1.29, 1.82) is 0 Å². The first kappa shape index (κ1) is 7.78. The Morgan fingerprint density at radius 1 is 1.46 bits per heavy atom. The summed E-state index contributed by atoms with van der Waals surface area (Å²) in [5.74, 6) is 0.261. The minimum absolute atomic E-state index is 0.234. The van der Waals surface area contributed by atoms with E-state index in [1.165, 1.54) is 4.57 Å². The van der Waals surface area contributed by atoms with E-state index >= 15 is 0 Å². The highest BCUT2D eigenvalue weighted by atomic mass is 16.4. The molecule has 0 aliphatic heterocycles. The van der Waals surface area contributed by atoms with Gasteiger partial charge in [-0.05, 0) is 6.92 Å². The normalized spacial score (nSPS) is 10.9. The molecule has 6 heteroatoms. The summed E-state index contributed by atoms with van der Waals surface area (Å²) < 4.78 is 6.12. The van der Waals surface area contributed by atoms with Crippen LogP contribution in [-0.2, 0) is 7.05 Å². The van der Waals surface area contributed by atoms with Gasteiger partial charge >= 0.3 is 5.76 Å². The Morgan fingerprint density at radius 2 is 2.15 bits per heavy atom. The number of oxazole rings is 1. The van der Waals surface area contributed by atoms with Crippen molar-refractivity contribution in [3.63, 3.8) is 0 Å². The highest BCUT2D eigenvalue weighted by Gasteiger charge is 2.11. The van der Waals surface area contributed by atoms with E-state index < -0.39 is 5.76 Å². The summed E-state index contributed by atoms with van der Waals surface area (Å²) in [7, 11) is 1.56. The van der Waals surface area contributed by atoms with Gasteiger partial charge in [0.05, 0.1) is 0 Å². The summed E-state index contributed by atoms with van der Waals surface area (Å²) >= 11 is 0. The van der Waals surface area contributed by atoms with Gasteiger partial charge in [0, 0.05) is 7.05 Å². The Labute approximate surface area is 73.0 Å². The maximum atomic E-state index is 11.1. The van der Waals surface area contributed by atoms with Gasteiger partial charge in [-0.2, -0.15) is 4.98 Å². The number of aryl methyl sites for hydroxylation is 2. The van der Waals surface area contributed by atoms with Crippen molar-refractivity contribution < 1.29 is 4.42 Å². The second-order valence-electron chi connectivity index (χ2n) is 2.74. The van der Waals surface area contributed by atoms with Crippen LogP contribution in [0.3, 0.4) is 0 Å². The maximum absolute atomic E-state index is 11.1. The fourth-order valence-corrected chi connectivity index (χ4v) is 1.19. The van der Waals surface area contributed by atoms with Crippen molar-refractivity contribution in [2.24, 2.45) is 7.05 Å². The Morgan fingerprint density at radius 3 is 2.85 bits per heavy atom. The molecule has 6 nitrogen and oxygen atoms in total. The molecule has 2 aromatic rings.